The van der Waals surface area contributed by atoms with Crippen molar-refractivity contribution in [3.63, 3.8) is 0 Å². The van der Waals surface area contributed by atoms with Crippen LogP contribution in [-0.2, 0) is 14.3 Å². The van der Waals surface area contributed by atoms with E-state index in [0.29, 0.717) is 26.2 Å². The van der Waals surface area contributed by atoms with Crippen LogP contribution in [0.1, 0.15) is 47.0 Å². The molecule has 112 valence electrons. The van der Waals surface area contributed by atoms with Crippen molar-refractivity contribution in [2.75, 3.05) is 19.8 Å². The molecule has 0 radical (unpaired) electrons. The smallest absolute Gasteiger partial charge is 0.239 e. The predicted octanol–water partition coefficient (Wildman–Crippen LogP) is 1.41. The zero-order valence-corrected chi connectivity index (χ0v) is 12.6. The predicted molar refractivity (Wildman–Crippen MR) is 74.6 cm³/mol. The lowest BCUT2D eigenvalue weighted by Gasteiger charge is -2.27. The molecule has 3 N–H and O–H groups in total. The molecule has 0 saturated carbocycles. The number of carbonyl (C=O) groups is 1. The molecule has 1 rings (SSSR count). The van der Waals surface area contributed by atoms with E-state index < -0.39 is 11.3 Å². The topological polar surface area (TPSA) is 73.6 Å². The zero-order chi connectivity index (χ0) is 14.5. The van der Waals surface area contributed by atoms with Crippen LogP contribution in [0.2, 0.25) is 0 Å². The van der Waals surface area contributed by atoms with Gasteiger partial charge in [-0.25, -0.2) is 0 Å². The average molecular weight is 272 g/mol. The van der Waals surface area contributed by atoms with Crippen LogP contribution in [0.5, 0.6) is 0 Å². The lowest BCUT2D eigenvalue weighted by Crippen LogP contribution is -2.52. The molecule has 0 aromatic carbocycles. The number of carbonyl (C=O) groups excluding carboxylic acids is 1. The molecule has 5 nitrogen and oxygen atoms in total. The molecule has 2 atom stereocenters. The van der Waals surface area contributed by atoms with E-state index in [1.165, 1.54) is 0 Å². The Labute approximate surface area is 116 Å². The van der Waals surface area contributed by atoms with Crippen LogP contribution in [0.3, 0.4) is 0 Å². The molecule has 1 heterocycles. The van der Waals surface area contributed by atoms with Gasteiger partial charge in [-0.2, -0.15) is 0 Å². The molecular weight excluding hydrogens is 244 g/mol. The summed E-state index contributed by atoms with van der Waals surface area (Å²) in [5.41, 5.74) is 5.21. The average Bonchev–Trinajstić information content (AvgIpc) is 2.72. The van der Waals surface area contributed by atoms with E-state index in [1.54, 1.807) is 6.92 Å². The van der Waals surface area contributed by atoms with E-state index in [2.05, 4.69) is 12.2 Å². The van der Waals surface area contributed by atoms with Gasteiger partial charge in [-0.1, -0.05) is 20.3 Å². The molecule has 2 unspecified atom stereocenters. The summed E-state index contributed by atoms with van der Waals surface area (Å²) in [7, 11) is 0. The van der Waals surface area contributed by atoms with Gasteiger partial charge in [0.2, 0.25) is 5.91 Å². The minimum Gasteiger partial charge on any atom is -0.354 e. The third kappa shape index (κ3) is 5.09. The Kier molecular flexibility index (Phi) is 5.77. The van der Waals surface area contributed by atoms with Crippen LogP contribution in [0, 0.1) is 5.92 Å². The second-order valence-electron chi connectivity index (χ2n) is 6.02. The van der Waals surface area contributed by atoms with Gasteiger partial charge in [0, 0.05) is 13.0 Å². The monoisotopic (exact) mass is 272 g/mol. The summed E-state index contributed by atoms with van der Waals surface area (Å²) in [5.74, 6) is -0.302. The second-order valence-corrected chi connectivity index (χ2v) is 6.02. The summed E-state index contributed by atoms with van der Waals surface area (Å²) in [4.78, 5) is 12.0. The Bertz CT molecular complexity index is 299. The Hall–Kier alpha value is -0.650. The molecule has 1 fully saturated rings. The molecule has 19 heavy (non-hydrogen) atoms. The summed E-state index contributed by atoms with van der Waals surface area (Å²) >= 11 is 0. The van der Waals surface area contributed by atoms with Gasteiger partial charge in [-0.05, 0) is 26.2 Å². The molecule has 0 aromatic heterocycles. The van der Waals surface area contributed by atoms with Crippen molar-refractivity contribution in [3.05, 3.63) is 0 Å². The highest BCUT2D eigenvalue weighted by Gasteiger charge is 2.33. The van der Waals surface area contributed by atoms with Gasteiger partial charge in [-0.15, -0.1) is 0 Å². The van der Waals surface area contributed by atoms with Crippen LogP contribution in [0.15, 0.2) is 0 Å². The zero-order valence-electron chi connectivity index (χ0n) is 12.6. The number of nitrogens with one attached hydrogen (secondary N) is 1. The van der Waals surface area contributed by atoms with E-state index in [4.69, 9.17) is 15.2 Å². The van der Waals surface area contributed by atoms with Crippen LogP contribution in [-0.4, -0.2) is 37.0 Å². The maximum absolute atomic E-state index is 12.0. The molecule has 0 aliphatic carbocycles. The molecule has 1 saturated heterocycles. The van der Waals surface area contributed by atoms with Gasteiger partial charge < -0.3 is 20.5 Å². The SMILES string of the molecule is CCCC(C)(N)C(=O)NCC(C)CC1(C)OCCO1. The van der Waals surface area contributed by atoms with E-state index in [0.717, 1.165) is 12.8 Å². The Morgan fingerprint density at radius 2 is 2.05 bits per heavy atom. The minimum absolute atomic E-state index is 0.0837. The lowest BCUT2D eigenvalue weighted by atomic mass is 9.95. The van der Waals surface area contributed by atoms with Crippen molar-refractivity contribution < 1.29 is 14.3 Å². The van der Waals surface area contributed by atoms with Crippen LogP contribution in [0.25, 0.3) is 0 Å². The summed E-state index contributed by atoms with van der Waals surface area (Å²) in [6.07, 6.45) is 2.36. The molecule has 1 aliphatic rings. The normalized spacial score (nSPS) is 22.8. The van der Waals surface area contributed by atoms with Gasteiger partial charge in [0.25, 0.3) is 0 Å². The summed E-state index contributed by atoms with van der Waals surface area (Å²) < 4.78 is 11.1. The first kappa shape index (κ1) is 16.4. The molecule has 0 bridgehead atoms. The van der Waals surface area contributed by atoms with Gasteiger partial charge >= 0.3 is 0 Å². The van der Waals surface area contributed by atoms with E-state index >= 15 is 0 Å². The Balaban J connectivity index is 2.33. The number of hydrogen-bond acceptors (Lipinski definition) is 4. The molecule has 1 aliphatic heterocycles. The highest BCUT2D eigenvalue weighted by Crippen LogP contribution is 2.26. The maximum Gasteiger partial charge on any atom is 0.239 e. The van der Waals surface area contributed by atoms with Crippen molar-refractivity contribution in [2.45, 2.75) is 58.3 Å². The maximum atomic E-state index is 12.0. The fourth-order valence-corrected chi connectivity index (χ4v) is 2.48. The van der Waals surface area contributed by atoms with Gasteiger partial charge in [0.15, 0.2) is 5.79 Å². The Morgan fingerprint density at radius 1 is 1.47 bits per heavy atom. The number of nitrogens with two attached hydrogens (primary N) is 1. The lowest BCUT2D eigenvalue weighted by molar-refractivity contribution is -0.154. The number of rotatable bonds is 7. The van der Waals surface area contributed by atoms with Gasteiger partial charge in [0.05, 0.1) is 18.8 Å². The van der Waals surface area contributed by atoms with Crippen molar-refractivity contribution in [1.29, 1.82) is 0 Å². The summed E-state index contributed by atoms with van der Waals surface area (Å²) in [5, 5.41) is 2.92. The van der Waals surface area contributed by atoms with E-state index in [1.807, 2.05) is 13.8 Å². The highest BCUT2D eigenvalue weighted by atomic mass is 16.7. The van der Waals surface area contributed by atoms with Crippen molar-refractivity contribution >= 4 is 5.91 Å². The van der Waals surface area contributed by atoms with Crippen molar-refractivity contribution in [3.8, 4) is 0 Å². The minimum atomic E-state index is -0.779. The summed E-state index contributed by atoms with van der Waals surface area (Å²) in [6.45, 7) is 9.71. The first-order valence-corrected chi connectivity index (χ1v) is 7.14. The Morgan fingerprint density at radius 3 is 2.58 bits per heavy atom. The van der Waals surface area contributed by atoms with Crippen LogP contribution in [0.4, 0.5) is 0 Å². The van der Waals surface area contributed by atoms with Crippen molar-refractivity contribution in [2.24, 2.45) is 11.7 Å². The van der Waals surface area contributed by atoms with Crippen LogP contribution < -0.4 is 11.1 Å². The molecule has 1 amide bonds. The molecule has 0 spiro atoms. The standard InChI is InChI=1S/C14H28N2O3/c1-5-6-13(3,15)12(17)16-10-11(2)9-14(4)18-7-8-19-14/h11H,5-10,15H2,1-4H3,(H,16,17). The molecule has 5 heteroatoms. The molecule has 0 aromatic rings. The third-order valence-corrected chi connectivity index (χ3v) is 3.52. The summed E-state index contributed by atoms with van der Waals surface area (Å²) in [6, 6.07) is 0. The third-order valence-electron chi connectivity index (χ3n) is 3.52. The fraction of sp³-hybridized carbons (Fsp3) is 0.929. The first-order valence-electron chi connectivity index (χ1n) is 7.14. The van der Waals surface area contributed by atoms with Gasteiger partial charge in [-0.3, -0.25) is 4.79 Å². The van der Waals surface area contributed by atoms with Crippen molar-refractivity contribution in [1.82, 2.24) is 5.32 Å². The number of amides is 1. The van der Waals surface area contributed by atoms with Gasteiger partial charge in [0.1, 0.15) is 0 Å². The quantitative estimate of drug-likeness (QED) is 0.735. The number of hydrogen-bond donors (Lipinski definition) is 2. The fourth-order valence-electron chi connectivity index (χ4n) is 2.48. The first-order chi connectivity index (χ1) is 8.79. The largest absolute Gasteiger partial charge is 0.354 e. The second kappa shape index (κ2) is 6.68. The van der Waals surface area contributed by atoms with E-state index in [9.17, 15) is 4.79 Å². The number of ether oxygens (including phenoxy) is 2. The highest BCUT2D eigenvalue weighted by molar-refractivity contribution is 5.85. The van der Waals surface area contributed by atoms with Crippen LogP contribution >= 0.6 is 0 Å². The van der Waals surface area contributed by atoms with E-state index in [-0.39, 0.29) is 11.8 Å². The molecular formula is C14H28N2O3.